The highest BCUT2D eigenvalue weighted by atomic mass is 35.5. The number of rotatable bonds is 5. The van der Waals surface area contributed by atoms with Gasteiger partial charge in [-0.3, -0.25) is 5.32 Å². The lowest BCUT2D eigenvalue weighted by atomic mass is 10.2. The Hall–Kier alpha value is -1.80. The number of thioether (sulfide) groups is 1. The summed E-state index contributed by atoms with van der Waals surface area (Å²) in [7, 11) is 0. The molecule has 9 heteroatoms. The van der Waals surface area contributed by atoms with Gasteiger partial charge in [-0.25, -0.2) is 4.79 Å². The summed E-state index contributed by atoms with van der Waals surface area (Å²) in [4.78, 5) is 11.9. The zero-order valence-corrected chi connectivity index (χ0v) is 15.8. The molecule has 0 atom stereocenters. The van der Waals surface area contributed by atoms with Gasteiger partial charge in [-0.05, 0) is 29.8 Å². The van der Waals surface area contributed by atoms with Crippen molar-refractivity contribution < 1.29 is 4.79 Å². The molecule has 3 aromatic rings. The molecule has 0 saturated heterocycles. The molecule has 0 aliphatic rings. The maximum absolute atomic E-state index is 11.9. The van der Waals surface area contributed by atoms with Gasteiger partial charge in [-0.15, -0.1) is 10.2 Å². The van der Waals surface area contributed by atoms with Crippen LogP contribution in [0.4, 0.5) is 15.6 Å². The van der Waals surface area contributed by atoms with Gasteiger partial charge >= 0.3 is 6.03 Å². The minimum absolute atomic E-state index is 0.361. The summed E-state index contributed by atoms with van der Waals surface area (Å²) in [6.07, 6.45) is 0. The molecule has 2 aromatic carbocycles. The molecule has 0 unspecified atom stereocenters. The minimum atomic E-state index is -0.361. The van der Waals surface area contributed by atoms with E-state index in [1.165, 1.54) is 23.1 Å². The Kier molecular flexibility index (Phi) is 6.14. The quantitative estimate of drug-likeness (QED) is 0.413. The Morgan fingerprint density at radius 1 is 1.08 bits per heavy atom. The number of amides is 2. The Labute approximate surface area is 162 Å². The standard InChI is InChI=1S/C16H12Cl2N4OS2/c17-11-7-6-10(13(18)8-11)9-24-16-22-21-15(25-16)20-14(23)19-12-4-2-1-3-5-12/h1-8H,9H2,(H2,19,20,21,23). The number of anilines is 2. The van der Waals surface area contributed by atoms with Gasteiger partial charge in [0.05, 0.1) is 0 Å². The summed E-state index contributed by atoms with van der Waals surface area (Å²) < 4.78 is 0.737. The van der Waals surface area contributed by atoms with Crippen LogP contribution in [-0.2, 0) is 5.75 Å². The molecule has 128 valence electrons. The Bertz CT molecular complexity index is 874. The number of carbonyl (C=O) groups excluding carboxylic acids is 1. The number of aromatic nitrogens is 2. The van der Waals surface area contributed by atoms with Gasteiger partial charge in [0, 0.05) is 21.5 Å². The molecule has 0 saturated carbocycles. The normalized spacial score (nSPS) is 10.5. The van der Waals surface area contributed by atoms with Crippen molar-refractivity contribution in [1.29, 1.82) is 0 Å². The Balaban J connectivity index is 1.54. The maximum Gasteiger partial charge on any atom is 0.325 e. The number of benzene rings is 2. The molecule has 1 heterocycles. The number of hydrogen-bond donors (Lipinski definition) is 2. The van der Waals surface area contributed by atoms with Crippen molar-refractivity contribution in [2.24, 2.45) is 0 Å². The highest BCUT2D eigenvalue weighted by Gasteiger charge is 2.10. The molecular weight excluding hydrogens is 399 g/mol. The van der Waals surface area contributed by atoms with E-state index in [1.54, 1.807) is 24.3 Å². The van der Waals surface area contributed by atoms with Gasteiger partial charge in [0.2, 0.25) is 5.13 Å². The first kappa shape index (κ1) is 18.0. The van der Waals surface area contributed by atoms with Crippen molar-refractivity contribution in [2.75, 3.05) is 10.6 Å². The lowest BCUT2D eigenvalue weighted by molar-refractivity contribution is 0.262. The van der Waals surface area contributed by atoms with Crippen molar-refractivity contribution in [3.05, 3.63) is 64.1 Å². The highest BCUT2D eigenvalue weighted by Crippen LogP contribution is 2.31. The number of hydrogen-bond acceptors (Lipinski definition) is 5. The summed E-state index contributed by atoms with van der Waals surface area (Å²) in [5, 5.41) is 15.1. The van der Waals surface area contributed by atoms with E-state index in [9.17, 15) is 4.79 Å². The van der Waals surface area contributed by atoms with Gasteiger partial charge in [-0.2, -0.15) is 0 Å². The summed E-state index contributed by atoms with van der Waals surface area (Å²) in [5.41, 5.74) is 1.67. The van der Waals surface area contributed by atoms with Crippen LogP contribution in [0.15, 0.2) is 52.9 Å². The van der Waals surface area contributed by atoms with Crippen molar-refractivity contribution in [3.8, 4) is 0 Å². The Morgan fingerprint density at radius 2 is 1.88 bits per heavy atom. The number of nitrogens with one attached hydrogen (secondary N) is 2. The van der Waals surface area contributed by atoms with Gasteiger partial charge in [0.25, 0.3) is 0 Å². The van der Waals surface area contributed by atoms with E-state index in [2.05, 4.69) is 20.8 Å². The topological polar surface area (TPSA) is 66.9 Å². The molecule has 3 rings (SSSR count). The first-order chi connectivity index (χ1) is 12.1. The second kappa shape index (κ2) is 8.53. The summed E-state index contributed by atoms with van der Waals surface area (Å²) in [6, 6.07) is 14.2. The van der Waals surface area contributed by atoms with Crippen LogP contribution in [0.25, 0.3) is 0 Å². The third kappa shape index (κ3) is 5.34. The van der Waals surface area contributed by atoms with E-state index in [1.807, 2.05) is 24.3 Å². The van der Waals surface area contributed by atoms with Crippen molar-refractivity contribution >= 4 is 63.2 Å². The zero-order valence-electron chi connectivity index (χ0n) is 12.7. The van der Waals surface area contributed by atoms with Crippen LogP contribution >= 0.6 is 46.3 Å². The molecule has 0 radical (unpaired) electrons. The number of halogens is 2. The summed E-state index contributed by atoms with van der Waals surface area (Å²) in [5.74, 6) is 0.640. The number of carbonyl (C=O) groups is 1. The summed E-state index contributed by atoms with van der Waals surface area (Å²) in [6.45, 7) is 0. The van der Waals surface area contributed by atoms with Gasteiger partial charge in [0.1, 0.15) is 0 Å². The van der Waals surface area contributed by atoms with Gasteiger partial charge in [0.15, 0.2) is 4.34 Å². The summed E-state index contributed by atoms with van der Waals surface area (Å²) >= 11 is 14.8. The number of para-hydroxylation sites is 1. The monoisotopic (exact) mass is 410 g/mol. The molecule has 0 aliphatic heterocycles. The fourth-order valence-electron chi connectivity index (χ4n) is 1.88. The van der Waals surface area contributed by atoms with Crippen LogP contribution in [0.5, 0.6) is 0 Å². The maximum atomic E-state index is 11.9. The van der Waals surface area contributed by atoms with E-state index < -0.39 is 0 Å². The van der Waals surface area contributed by atoms with E-state index >= 15 is 0 Å². The molecule has 0 fully saturated rings. The SMILES string of the molecule is O=C(Nc1ccccc1)Nc1nnc(SCc2ccc(Cl)cc2Cl)s1. The van der Waals surface area contributed by atoms with E-state index in [0.717, 1.165) is 9.90 Å². The molecule has 1 aromatic heterocycles. The van der Waals surface area contributed by atoms with Gasteiger partial charge in [-0.1, -0.05) is 70.6 Å². The number of nitrogens with zero attached hydrogens (tertiary/aromatic N) is 2. The Morgan fingerprint density at radius 3 is 2.64 bits per heavy atom. The van der Waals surface area contributed by atoms with Gasteiger partial charge < -0.3 is 5.32 Å². The van der Waals surface area contributed by atoms with Crippen molar-refractivity contribution in [1.82, 2.24) is 10.2 Å². The lowest BCUT2D eigenvalue weighted by Crippen LogP contribution is -2.19. The van der Waals surface area contributed by atoms with E-state index in [4.69, 9.17) is 23.2 Å². The third-order valence-corrected chi connectivity index (χ3v) is 5.63. The second-order valence-corrected chi connectivity index (χ2v) is 7.89. The molecular formula is C16H12Cl2N4OS2. The predicted molar refractivity (Wildman–Crippen MR) is 105 cm³/mol. The van der Waals surface area contributed by atoms with Crippen molar-refractivity contribution in [2.45, 2.75) is 10.1 Å². The fraction of sp³-hybridized carbons (Fsp3) is 0.0625. The largest absolute Gasteiger partial charge is 0.325 e. The lowest BCUT2D eigenvalue weighted by Gasteiger charge is -2.04. The minimum Gasteiger partial charge on any atom is -0.308 e. The van der Waals surface area contributed by atoms with Crippen molar-refractivity contribution in [3.63, 3.8) is 0 Å². The number of urea groups is 1. The molecule has 2 amide bonds. The smallest absolute Gasteiger partial charge is 0.308 e. The van der Waals surface area contributed by atoms with Crippen LogP contribution in [0.1, 0.15) is 5.56 Å². The first-order valence-corrected chi connectivity index (χ1v) is 9.69. The second-order valence-electron chi connectivity index (χ2n) is 4.84. The molecule has 0 bridgehead atoms. The van der Waals surface area contributed by atoms with E-state index in [-0.39, 0.29) is 6.03 Å². The van der Waals surface area contributed by atoms with Crippen LogP contribution in [-0.4, -0.2) is 16.2 Å². The fourth-order valence-corrected chi connectivity index (χ4v) is 4.18. The van der Waals surface area contributed by atoms with Crippen LogP contribution < -0.4 is 10.6 Å². The zero-order chi connectivity index (χ0) is 17.6. The molecule has 25 heavy (non-hydrogen) atoms. The average Bonchev–Trinajstić information content (AvgIpc) is 3.02. The third-order valence-electron chi connectivity index (χ3n) is 3.02. The van der Waals surface area contributed by atoms with Crippen LogP contribution in [0.3, 0.4) is 0 Å². The van der Waals surface area contributed by atoms with E-state index in [0.29, 0.717) is 26.6 Å². The molecule has 5 nitrogen and oxygen atoms in total. The predicted octanol–water partition coefficient (Wildman–Crippen LogP) is 5.78. The highest BCUT2D eigenvalue weighted by molar-refractivity contribution is 8.00. The molecule has 2 N–H and O–H groups in total. The average molecular weight is 411 g/mol. The van der Waals surface area contributed by atoms with Crippen LogP contribution in [0.2, 0.25) is 10.0 Å². The molecule has 0 spiro atoms. The first-order valence-electron chi connectivity index (χ1n) is 7.13. The van der Waals surface area contributed by atoms with Crippen LogP contribution in [0, 0.1) is 0 Å². The molecule has 0 aliphatic carbocycles.